The minimum atomic E-state index is -0.358. The number of alkyl carbamates (subject to hydrolysis) is 1. The van der Waals surface area contributed by atoms with Gasteiger partial charge in [-0.25, -0.2) is 9.18 Å². The van der Waals surface area contributed by atoms with Crippen molar-refractivity contribution in [3.63, 3.8) is 0 Å². The van der Waals surface area contributed by atoms with Crippen LogP contribution in [0.5, 0.6) is 5.75 Å². The number of piperidine rings is 3. The SMILES string of the molecule is CN(C)c1cc(-c2ccc3c(c2)OCC(C)(C)C3NC(=O)O[C@H]2CN3CCC2CC3)ccc1F. The highest BCUT2D eigenvalue weighted by atomic mass is 19.1. The molecule has 34 heavy (non-hydrogen) atoms. The lowest BCUT2D eigenvalue weighted by Gasteiger charge is -2.44. The Morgan fingerprint density at radius 1 is 1.15 bits per heavy atom. The van der Waals surface area contributed by atoms with E-state index in [1.807, 2.05) is 38.4 Å². The first-order valence-corrected chi connectivity index (χ1v) is 12.1. The van der Waals surface area contributed by atoms with Gasteiger partial charge >= 0.3 is 6.09 Å². The minimum Gasteiger partial charge on any atom is -0.493 e. The number of carbonyl (C=O) groups is 1. The van der Waals surface area contributed by atoms with Crippen molar-refractivity contribution >= 4 is 11.8 Å². The Balaban J connectivity index is 1.36. The standard InChI is InChI=1S/C27H34FN3O3/c1-27(2)16-33-23-14-19(18-6-8-21(28)22(13-18)30(3)4)5-7-20(23)25(27)29-26(32)34-24-15-31-11-9-17(24)10-12-31/h5-8,13-14,17,24-25H,9-12,15-16H2,1-4H3,(H,29,32)/t24-,25?/m0/s1. The molecule has 3 fully saturated rings. The first kappa shape index (κ1) is 23.0. The molecule has 2 aromatic carbocycles. The molecule has 4 aliphatic rings. The molecule has 1 amide bonds. The van der Waals surface area contributed by atoms with Crippen LogP contribution in [0, 0.1) is 17.2 Å². The average Bonchev–Trinajstić information content (AvgIpc) is 2.81. The van der Waals surface area contributed by atoms with E-state index in [1.165, 1.54) is 6.07 Å². The van der Waals surface area contributed by atoms with Crippen LogP contribution in [0.1, 0.15) is 38.3 Å². The number of hydrogen-bond acceptors (Lipinski definition) is 5. The van der Waals surface area contributed by atoms with Gasteiger partial charge in [0.05, 0.1) is 18.3 Å². The topological polar surface area (TPSA) is 54.0 Å². The fourth-order valence-electron chi connectivity index (χ4n) is 5.49. The second-order valence-electron chi connectivity index (χ2n) is 10.7. The third-order valence-electron chi connectivity index (χ3n) is 7.58. The number of rotatable bonds is 4. The molecule has 4 heterocycles. The molecule has 4 aliphatic heterocycles. The van der Waals surface area contributed by atoms with Crippen LogP contribution in [0.4, 0.5) is 14.9 Å². The maximum atomic E-state index is 14.2. The Kier molecular flexibility index (Phi) is 5.92. The Morgan fingerprint density at radius 2 is 1.85 bits per heavy atom. The first-order chi connectivity index (χ1) is 16.2. The number of halogens is 1. The first-order valence-electron chi connectivity index (χ1n) is 12.1. The number of amides is 1. The fourth-order valence-corrected chi connectivity index (χ4v) is 5.49. The zero-order chi connectivity index (χ0) is 24.0. The molecule has 0 aromatic heterocycles. The van der Waals surface area contributed by atoms with Gasteiger partial charge in [0.15, 0.2) is 0 Å². The molecule has 6 rings (SSSR count). The molecule has 0 spiro atoms. The van der Waals surface area contributed by atoms with E-state index in [-0.39, 0.29) is 29.5 Å². The van der Waals surface area contributed by atoms with E-state index in [4.69, 9.17) is 9.47 Å². The third-order valence-corrected chi connectivity index (χ3v) is 7.58. The van der Waals surface area contributed by atoms with Gasteiger partial charge in [0.25, 0.3) is 0 Å². The molecule has 2 atom stereocenters. The molecular formula is C27H34FN3O3. The van der Waals surface area contributed by atoms with Crippen molar-refractivity contribution in [2.24, 2.45) is 11.3 Å². The van der Waals surface area contributed by atoms with E-state index < -0.39 is 0 Å². The lowest BCUT2D eigenvalue weighted by Crippen LogP contribution is -2.53. The Morgan fingerprint density at radius 3 is 2.53 bits per heavy atom. The van der Waals surface area contributed by atoms with Crippen molar-refractivity contribution < 1.29 is 18.7 Å². The molecule has 0 saturated carbocycles. The van der Waals surface area contributed by atoms with Gasteiger partial charge in [-0.1, -0.05) is 32.0 Å². The minimum absolute atomic E-state index is 0.0309. The van der Waals surface area contributed by atoms with E-state index in [1.54, 1.807) is 11.0 Å². The molecule has 7 heteroatoms. The summed E-state index contributed by atoms with van der Waals surface area (Å²) < 4.78 is 26.2. The smallest absolute Gasteiger partial charge is 0.407 e. The van der Waals surface area contributed by atoms with Gasteiger partial charge in [0.1, 0.15) is 17.7 Å². The Labute approximate surface area is 201 Å². The van der Waals surface area contributed by atoms with Gasteiger partial charge in [-0.15, -0.1) is 0 Å². The van der Waals surface area contributed by atoms with Crippen LogP contribution in [0.3, 0.4) is 0 Å². The number of ether oxygens (including phenoxy) is 2. The third kappa shape index (κ3) is 4.33. The van der Waals surface area contributed by atoms with Crippen molar-refractivity contribution in [2.45, 2.75) is 38.8 Å². The van der Waals surface area contributed by atoms with Crippen LogP contribution in [0.2, 0.25) is 0 Å². The number of anilines is 1. The van der Waals surface area contributed by atoms with Gasteiger partial charge in [-0.05, 0) is 61.2 Å². The quantitative estimate of drug-likeness (QED) is 0.698. The van der Waals surface area contributed by atoms with Gasteiger partial charge in [0, 0.05) is 31.6 Å². The zero-order valence-electron chi connectivity index (χ0n) is 20.4. The summed E-state index contributed by atoms with van der Waals surface area (Å²) in [5, 5.41) is 3.15. The van der Waals surface area contributed by atoms with E-state index in [9.17, 15) is 9.18 Å². The van der Waals surface area contributed by atoms with Crippen LogP contribution in [-0.4, -0.2) is 57.4 Å². The maximum Gasteiger partial charge on any atom is 0.407 e. The summed E-state index contributed by atoms with van der Waals surface area (Å²) in [4.78, 5) is 17.1. The Hall–Kier alpha value is -2.80. The van der Waals surface area contributed by atoms with Crippen LogP contribution in [0.15, 0.2) is 36.4 Å². The van der Waals surface area contributed by atoms with E-state index >= 15 is 0 Å². The molecule has 0 aliphatic carbocycles. The van der Waals surface area contributed by atoms with Gasteiger partial charge in [-0.3, -0.25) is 4.90 Å². The van der Waals surface area contributed by atoms with Crippen molar-refractivity contribution in [1.82, 2.24) is 10.2 Å². The summed E-state index contributed by atoms with van der Waals surface area (Å²) in [6, 6.07) is 10.9. The van der Waals surface area contributed by atoms with Crippen LogP contribution < -0.4 is 15.0 Å². The number of nitrogens with zero attached hydrogens (tertiary/aromatic N) is 2. The van der Waals surface area contributed by atoms with Crippen molar-refractivity contribution in [3.8, 4) is 16.9 Å². The second kappa shape index (κ2) is 8.77. The largest absolute Gasteiger partial charge is 0.493 e. The summed E-state index contributed by atoms with van der Waals surface area (Å²) in [6.07, 6.45) is 1.82. The summed E-state index contributed by atoms with van der Waals surface area (Å²) in [7, 11) is 3.65. The zero-order valence-corrected chi connectivity index (χ0v) is 20.4. The molecule has 6 nitrogen and oxygen atoms in total. The van der Waals surface area contributed by atoms with Gasteiger partial charge in [0.2, 0.25) is 0 Å². The molecule has 182 valence electrons. The predicted molar refractivity (Wildman–Crippen MR) is 131 cm³/mol. The fraction of sp³-hybridized carbons (Fsp3) is 0.519. The predicted octanol–water partition coefficient (Wildman–Crippen LogP) is 4.84. The summed E-state index contributed by atoms with van der Waals surface area (Å²) in [5.74, 6) is 0.951. The molecule has 1 N–H and O–H groups in total. The Bertz CT molecular complexity index is 1080. The number of carbonyl (C=O) groups excluding carboxylic acids is 1. The highest BCUT2D eigenvalue weighted by Gasteiger charge is 2.41. The summed E-state index contributed by atoms with van der Waals surface area (Å²) >= 11 is 0. The highest BCUT2D eigenvalue weighted by molar-refractivity contribution is 5.72. The van der Waals surface area contributed by atoms with E-state index in [0.717, 1.165) is 54.9 Å². The normalized spacial score (nSPS) is 26.9. The van der Waals surface area contributed by atoms with E-state index in [2.05, 4.69) is 24.1 Å². The van der Waals surface area contributed by atoms with Gasteiger partial charge in [-0.2, -0.15) is 0 Å². The molecule has 2 aromatic rings. The molecule has 1 unspecified atom stereocenters. The second-order valence-corrected chi connectivity index (χ2v) is 10.7. The van der Waals surface area contributed by atoms with Gasteiger partial charge < -0.3 is 19.7 Å². The maximum absolute atomic E-state index is 14.2. The molecule has 0 radical (unpaired) electrons. The lowest BCUT2D eigenvalue weighted by atomic mass is 9.78. The monoisotopic (exact) mass is 467 g/mol. The number of fused-ring (bicyclic) bond motifs is 4. The van der Waals surface area contributed by atoms with Crippen LogP contribution in [0.25, 0.3) is 11.1 Å². The highest BCUT2D eigenvalue weighted by Crippen LogP contribution is 2.44. The van der Waals surface area contributed by atoms with Crippen molar-refractivity contribution in [2.75, 3.05) is 45.2 Å². The number of nitrogens with one attached hydrogen (secondary N) is 1. The molecule has 3 saturated heterocycles. The van der Waals surface area contributed by atoms with Crippen molar-refractivity contribution in [3.05, 3.63) is 47.8 Å². The molecule has 2 bridgehead atoms. The lowest BCUT2D eigenvalue weighted by molar-refractivity contribution is -0.0361. The molecular weight excluding hydrogens is 433 g/mol. The van der Waals surface area contributed by atoms with Crippen molar-refractivity contribution in [1.29, 1.82) is 0 Å². The average molecular weight is 468 g/mol. The van der Waals surface area contributed by atoms with Crippen LogP contribution in [-0.2, 0) is 4.74 Å². The number of benzene rings is 2. The summed E-state index contributed by atoms with van der Waals surface area (Å²) in [5.41, 5.74) is 3.02. The number of hydrogen-bond donors (Lipinski definition) is 1. The summed E-state index contributed by atoms with van der Waals surface area (Å²) in [6.45, 7) is 7.71. The van der Waals surface area contributed by atoms with E-state index in [0.29, 0.717) is 18.2 Å². The van der Waals surface area contributed by atoms with Crippen LogP contribution >= 0.6 is 0 Å².